The van der Waals surface area contributed by atoms with Gasteiger partial charge in [0.05, 0.1) is 18.1 Å². The molecule has 0 bridgehead atoms. The lowest BCUT2D eigenvalue weighted by Crippen LogP contribution is -2.19. The molecule has 1 heterocycles. The summed E-state index contributed by atoms with van der Waals surface area (Å²) in [6.45, 7) is 6.03. The summed E-state index contributed by atoms with van der Waals surface area (Å²) < 4.78 is 13.1. The van der Waals surface area contributed by atoms with Crippen LogP contribution in [0.4, 0.5) is 0 Å². The van der Waals surface area contributed by atoms with Crippen LogP contribution in [0, 0.1) is 17.0 Å². The molecule has 0 saturated carbocycles. The molecule has 0 spiro atoms. The minimum absolute atomic E-state index is 0.108. The molecule has 0 aliphatic carbocycles. The lowest BCUT2D eigenvalue weighted by atomic mass is 9.87. The van der Waals surface area contributed by atoms with Crippen LogP contribution in [-0.4, -0.2) is 11.5 Å². The van der Waals surface area contributed by atoms with Crippen LogP contribution in [0.15, 0.2) is 72.8 Å². The minimum Gasteiger partial charge on any atom is -0.340 e. The summed E-state index contributed by atoms with van der Waals surface area (Å²) in [6, 6.07) is 24.1. The largest absolute Gasteiger partial charge is 0.340 e. The molecule has 0 fully saturated rings. The van der Waals surface area contributed by atoms with Crippen LogP contribution < -0.4 is 0 Å². The molecule has 0 aromatic heterocycles. The first-order valence-electron chi connectivity index (χ1n) is 11.7. The van der Waals surface area contributed by atoms with Crippen LogP contribution in [0.3, 0.4) is 0 Å². The third kappa shape index (κ3) is 5.00. The Labute approximate surface area is 195 Å². The van der Waals surface area contributed by atoms with Crippen LogP contribution in [0.1, 0.15) is 84.5 Å². The standard InChI is InChI=1S/C28H31NO4/c1-4-26-22-14-7-8-15-23(22)27(5-2)33-28(32-26)24-16-9-6-13-21(24)25(18-29(30)31)20-12-10-11-19(3)17-20/h6-17,25-28H,4-5,18H2,1-3H3/t25-,26-,27-/m0/s1. The first-order chi connectivity index (χ1) is 16.0. The fraction of sp³-hybridized carbons (Fsp3) is 0.357. The molecule has 0 unspecified atom stereocenters. The van der Waals surface area contributed by atoms with Crippen molar-refractivity contribution in [2.45, 2.75) is 58.0 Å². The number of nitrogens with zero attached hydrogens (tertiary/aromatic N) is 1. The molecule has 0 amide bonds. The molecule has 3 atom stereocenters. The van der Waals surface area contributed by atoms with E-state index in [4.69, 9.17) is 9.47 Å². The summed E-state index contributed by atoms with van der Waals surface area (Å²) in [5, 5.41) is 11.7. The first kappa shape index (κ1) is 23.1. The van der Waals surface area contributed by atoms with Crippen molar-refractivity contribution in [2.24, 2.45) is 0 Å². The summed E-state index contributed by atoms with van der Waals surface area (Å²) in [6.07, 6.45) is 0.798. The van der Waals surface area contributed by atoms with E-state index in [-0.39, 0.29) is 23.7 Å². The lowest BCUT2D eigenvalue weighted by molar-refractivity contribution is -0.481. The van der Waals surface area contributed by atoms with Crippen molar-refractivity contribution in [2.75, 3.05) is 6.54 Å². The second-order valence-corrected chi connectivity index (χ2v) is 8.64. The van der Waals surface area contributed by atoms with E-state index in [1.165, 1.54) is 0 Å². The molecule has 0 saturated heterocycles. The van der Waals surface area contributed by atoms with Gasteiger partial charge in [0.1, 0.15) is 0 Å². The van der Waals surface area contributed by atoms with Crippen LogP contribution in [0.5, 0.6) is 0 Å². The topological polar surface area (TPSA) is 61.6 Å². The molecular formula is C28H31NO4. The molecule has 1 aliphatic heterocycles. The van der Waals surface area contributed by atoms with Crippen LogP contribution in [0.2, 0.25) is 0 Å². The average molecular weight is 446 g/mol. The van der Waals surface area contributed by atoms with Crippen LogP contribution in [0.25, 0.3) is 0 Å². The van der Waals surface area contributed by atoms with E-state index in [1.807, 2.05) is 67.6 Å². The summed E-state index contributed by atoms with van der Waals surface area (Å²) >= 11 is 0. The van der Waals surface area contributed by atoms with Gasteiger partial charge in [-0.2, -0.15) is 0 Å². The highest BCUT2D eigenvalue weighted by molar-refractivity contribution is 5.41. The number of aryl methyl sites for hydroxylation is 1. The predicted octanol–water partition coefficient (Wildman–Crippen LogP) is 7.05. The van der Waals surface area contributed by atoms with Crippen molar-refractivity contribution in [1.29, 1.82) is 0 Å². The molecule has 33 heavy (non-hydrogen) atoms. The number of rotatable bonds is 7. The van der Waals surface area contributed by atoms with Crippen molar-refractivity contribution in [3.05, 3.63) is 116 Å². The van der Waals surface area contributed by atoms with E-state index in [0.29, 0.717) is 0 Å². The van der Waals surface area contributed by atoms with Crippen molar-refractivity contribution in [3.63, 3.8) is 0 Å². The van der Waals surface area contributed by atoms with Gasteiger partial charge in [-0.3, -0.25) is 10.1 Å². The molecule has 1 aliphatic rings. The average Bonchev–Trinajstić information content (AvgIpc) is 2.99. The quantitative estimate of drug-likeness (QED) is 0.289. The van der Waals surface area contributed by atoms with Crippen molar-refractivity contribution >= 4 is 0 Å². The monoisotopic (exact) mass is 445 g/mol. The summed E-state index contributed by atoms with van der Waals surface area (Å²) in [5.74, 6) is -0.394. The van der Waals surface area contributed by atoms with Crippen LogP contribution in [-0.2, 0) is 9.47 Å². The summed E-state index contributed by atoms with van der Waals surface area (Å²) in [4.78, 5) is 11.4. The van der Waals surface area contributed by atoms with Gasteiger partial charge in [-0.25, -0.2) is 0 Å². The molecule has 5 nitrogen and oxygen atoms in total. The zero-order chi connectivity index (χ0) is 23.4. The highest BCUT2D eigenvalue weighted by Crippen LogP contribution is 2.44. The normalized spacial score (nSPS) is 19.5. The van der Waals surface area contributed by atoms with Crippen LogP contribution >= 0.6 is 0 Å². The highest BCUT2D eigenvalue weighted by Gasteiger charge is 2.33. The third-order valence-corrected chi connectivity index (χ3v) is 6.41. The minimum atomic E-state index is -0.609. The number of nitro groups is 1. The molecule has 0 radical (unpaired) electrons. The second kappa shape index (κ2) is 10.3. The zero-order valence-electron chi connectivity index (χ0n) is 19.4. The Morgan fingerprint density at radius 1 is 0.848 bits per heavy atom. The highest BCUT2D eigenvalue weighted by atomic mass is 16.7. The molecule has 3 aromatic rings. The van der Waals surface area contributed by atoms with Crippen molar-refractivity contribution < 1.29 is 14.4 Å². The number of benzene rings is 3. The third-order valence-electron chi connectivity index (χ3n) is 6.41. The smallest absolute Gasteiger partial charge is 0.214 e. The molecule has 3 aromatic carbocycles. The Kier molecular flexibility index (Phi) is 7.21. The fourth-order valence-corrected chi connectivity index (χ4v) is 4.82. The van der Waals surface area contributed by atoms with E-state index < -0.39 is 12.2 Å². The number of hydrogen-bond donors (Lipinski definition) is 0. The SMILES string of the molecule is CC[C@@H]1OC(c2ccccc2[C@@H](C[N+](=O)[O-])c2cccc(C)c2)O[C@@H](CC)c2ccccc21. The summed E-state index contributed by atoms with van der Waals surface area (Å²) in [5.41, 5.74) is 6.05. The predicted molar refractivity (Wildman–Crippen MR) is 129 cm³/mol. The van der Waals surface area contributed by atoms with Gasteiger partial charge in [-0.05, 0) is 42.0 Å². The van der Waals surface area contributed by atoms with E-state index >= 15 is 0 Å². The van der Waals surface area contributed by atoms with Gasteiger partial charge in [0.25, 0.3) is 0 Å². The van der Waals surface area contributed by atoms with E-state index in [0.717, 1.165) is 46.2 Å². The zero-order valence-corrected chi connectivity index (χ0v) is 19.4. The molecule has 5 heteroatoms. The van der Waals surface area contributed by atoms with Gasteiger partial charge in [0.2, 0.25) is 6.54 Å². The van der Waals surface area contributed by atoms with Gasteiger partial charge >= 0.3 is 0 Å². The first-order valence-corrected chi connectivity index (χ1v) is 11.7. The Morgan fingerprint density at radius 2 is 1.42 bits per heavy atom. The Balaban J connectivity index is 1.79. The molecule has 172 valence electrons. The Morgan fingerprint density at radius 3 is 1.97 bits per heavy atom. The number of ether oxygens (including phenoxy) is 2. The maximum Gasteiger partial charge on any atom is 0.214 e. The van der Waals surface area contributed by atoms with Gasteiger partial charge < -0.3 is 9.47 Å². The maximum absolute atomic E-state index is 11.7. The summed E-state index contributed by atoms with van der Waals surface area (Å²) in [7, 11) is 0. The molecule has 0 N–H and O–H groups in total. The Bertz CT molecular complexity index is 1080. The van der Waals surface area contributed by atoms with Crippen molar-refractivity contribution in [1.82, 2.24) is 0 Å². The van der Waals surface area contributed by atoms with Gasteiger partial charge in [0.15, 0.2) is 6.29 Å². The maximum atomic E-state index is 11.7. The second-order valence-electron chi connectivity index (χ2n) is 8.64. The number of hydrogen-bond acceptors (Lipinski definition) is 4. The van der Waals surface area contributed by atoms with E-state index in [2.05, 4.69) is 26.0 Å². The van der Waals surface area contributed by atoms with Crippen molar-refractivity contribution in [3.8, 4) is 0 Å². The number of fused-ring (bicyclic) bond motifs is 1. The molecule has 4 rings (SSSR count). The van der Waals surface area contributed by atoms with Gasteiger partial charge in [0, 0.05) is 10.5 Å². The van der Waals surface area contributed by atoms with Gasteiger partial charge in [-0.15, -0.1) is 0 Å². The lowest BCUT2D eigenvalue weighted by Gasteiger charge is -2.27. The van der Waals surface area contributed by atoms with E-state index in [9.17, 15) is 10.1 Å². The fourth-order valence-electron chi connectivity index (χ4n) is 4.82. The van der Waals surface area contributed by atoms with E-state index in [1.54, 1.807) is 0 Å². The van der Waals surface area contributed by atoms with Gasteiger partial charge in [-0.1, -0.05) is 92.2 Å². The molecular weight excluding hydrogens is 414 g/mol. The Hall–Kier alpha value is -3.02.